The SMILES string of the molecule is c1ccc(-c2ccc(N(c3ccc4oc5cc6ccccc6cc5c4c3)c3ccc4c5ccccc5c5ccccc5c4c3)cc2)cc1. The minimum absolute atomic E-state index is 0.888. The summed E-state index contributed by atoms with van der Waals surface area (Å²) in [4.78, 5) is 2.37. The lowest BCUT2D eigenvalue weighted by molar-refractivity contribution is 0.669. The molecule has 0 amide bonds. The van der Waals surface area contributed by atoms with E-state index in [9.17, 15) is 0 Å². The topological polar surface area (TPSA) is 16.4 Å². The van der Waals surface area contributed by atoms with Crippen LogP contribution < -0.4 is 4.90 Å². The van der Waals surface area contributed by atoms with Gasteiger partial charge in [0.05, 0.1) is 0 Å². The molecular formula is C46H29NO. The Bertz CT molecular complexity index is 2790. The molecule has 0 aliphatic carbocycles. The van der Waals surface area contributed by atoms with Crippen molar-refractivity contribution in [2.24, 2.45) is 0 Å². The summed E-state index contributed by atoms with van der Waals surface area (Å²) < 4.78 is 6.40. The molecule has 9 aromatic carbocycles. The molecule has 0 atom stereocenters. The molecule has 0 aliphatic rings. The van der Waals surface area contributed by atoms with Crippen molar-refractivity contribution in [3.05, 3.63) is 176 Å². The van der Waals surface area contributed by atoms with Crippen molar-refractivity contribution in [1.82, 2.24) is 0 Å². The van der Waals surface area contributed by atoms with Crippen LogP contribution in [0.3, 0.4) is 0 Å². The molecule has 0 spiro atoms. The molecule has 48 heavy (non-hydrogen) atoms. The number of anilines is 3. The van der Waals surface area contributed by atoms with E-state index in [4.69, 9.17) is 4.42 Å². The van der Waals surface area contributed by atoms with Crippen LogP contribution in [0.2, 0.25) is 0 Å². The number of benzene rings is 9. The summed E-state index contributed by atoms with van der Waals surface area (Å²) in [6.07, 6.45) is 0. The molecule has 2 heteroatoms. The zero-order chi connectivity index (χ0) is 31.6. The van der Waals surface area contributed by atoms with Crippen molar-refractivity contribution in [1.29, 1.82) is 0 Å². The van der Waals surface area contributed by atoms with Gasteiger partial charge in [-0.05, 0) is 109 Å². The molecule has 0 N–H and O–H groups in total. The second-order valence-electron chi connectivity index (χ2n) is 12.5. The molecule has 224 valence electrons. The zero-order valence-electron chi connectivity index (χ0n) is 26.1. The fraction of sp³-hybridized carbons (Fsp3) is 0. The standard InChI is InChI=1S/C46H29NO/c1-2-10-30(11-3-1)31-18-20-34(21-19-31)47(36-23-25-45-44(29-36)43-26-32-12-4-5-13-33(32)27-46(43)48-45)35-22-24-41-39-16-7-6-14-37(39)38-15-8-9-17-40(38)42(41)28-35/h1-29H. The number of furan rings is 1. The normalized spacial score (nSPS) is 11.8. The van der Waals surface area contributed by atoms with E-state index in [1.807, 2.05) is 0 Å². The summed E-state index contributed by atoms with van der Waals surface area (Å²) in [7, 11) is 0. The van der Waals surface area contributed by atoms with Crippen molar-refractivity contribution < 1.29 is 4.42 Å². The summed E-state index contributed by atoms with van der Waals surface area (Å²) >= 11 is 0. The molecule has 1 heterocycles. The minimum atomic E-state index is 0.888. The Morgan fingerprint density at radius 2 is 0.771 bits per heavy atom. The smallest absolute Gasteiger partial charge is 0.136 e. The number of fused-ring (bicyclic) bond motifs is 10. The van der Waals surface area contributed by atoms with Crippen LogP contribution in [0.25, 0.3) is 76.2 Å². The number of hydrogen-bond acceptors (Lipinski definition) is 2. The molecule has 10 aromatic rings. The van der Waals surface area contributed by atoms with E-state index < -0.39 is 0 Å². The third kappa shape index (κ3) is 4.20. The molecule has 0 saturated heterocycles. The molecule has 0 radical (unpaired) electrons. The van der Waals surface area contributed by atoms with Crippen LogP contribution in [0, 0.1) is 0 Å². The Morgan fingerprint density at radius 3 is 1.46 bits per heavy atom. The van der Waals surface area contributed by atoms with Gasteiger partial charge in [0.25, 0.3) is 0 Å². The van der Waals surface area contributed by atoms with E-state index in [-0.39, 0.29) is 0 Å². The lowest BCUT2D eigenvalue weighted by atomic mass is 9.94. The fourth-order valence-electron chi connectivity index (χ4n) is 7.50. The summed E-state index contributed by atoms with van der Waals surface area (Å²) in [6, 6.07) is 63.4. The van der Waals surface area contributed by atoms with Gasteiger partial charge in [0, 0.05) is 27.8 Å². The van der Waals surface area contributed by atoms with Crippen molar-refractivity contribution in [2.75, 3.05) is 4.90 Å². The van der Waals surface area contributed by atoms with Crippen LogP contribution >= 0.6 is 0 Å². The van der Waals surface area contributed by atoms with Crippen molar-refractivity contribution >= 4 is 82.1 Å². The van der Waals surface area contributed by atoms with Gasteiger partial charge in [0.1, 0.15) is 11.2 Å². The van der Waals surface area contributed by atoms with Gasteiger partial charge < -0.3 is 9.32 Å². The van der Waals surface area contributed by atoms with Crippen molar-refractivity contribution in [3.8, 4) is 11.1 Å². The Labute approximate surface area is 277 Å². The van der Waals surface area contributed by atoms with E-state index in [2.05, 4.69) is 181 Å². The van der Waals surface area contributed by atoms with Crippen LogP contribution in [0.4, 0.5) is 17.1 Å². The zero-order valence-corrected chi connectivity index (χ0v) is 26.1. The average molecular weight is 612 g/mol. The first-order chi connectivity index (χ1) is 23.8. The molecule has 0 unspecified atom stereocenters. The lowest BCUT2D eigenvalue weighted by Crippen LogP contribution is -2.10. The Balaban J connectivity index is 1.21. The molecule has 0 fully saturated rings. The Kier molecular flexibility index (Phi) is 5.91. The van der Waals surface area contributed by atoms with E-state index >= 15 is 0 Å². The predicted molar refractivity (Wildman–Crippen MR) is 204 cm³/mol. The van der Waals surface area contributed by atoms with E-state index in [1.54, 1.807) is 0 Å². The molecule has 1 aromatic heterocycles. The molecule has 2 nitrogen and oxygen atoms in total. The quantitative estimate of drug-likeness (QED) is 0.184. The van der Waals surface area contributed by atoms with Gasteiger partial charge in [-0.3, -0.25) is 0 Å². The predicted octanol–water partition coefficient (Wildman–Crippen LogP) is 13.3. The second kappa shape index (κ2) is 10.6. The van der Waals surface area contributed by atoms with Gasteiger partial charge in [-0.1, -0.05) is 121 Å². The fourth-order valence-corrected chi connectivity index (χ4v) is 7.50. The average Bonchev–Trinajstić information content (AvgIpc) is 3.51. The Morgan fingerprint density at radius 1 is 0.292 bits per heavy atom. The third-order valence-corrected chi connectivity index (χ3v) is 9.80. The minimum Gasteiger partial charge on any atom is -0.456 e. The largest absolute Gasteiger partial charge is 0.456 e. The first-order valence-corrected chi connectivity index (χ1v) is 16.4. The highest BCUT2D eigenvalue weighted by Gasteiger charge is 2.18. The van der Waals surface area contributed by atoms with Gasteiger partial charge in [-0.2, -0.15) is 0 Å². The highest BCUT2D eigenvalue weighted by molar-refractivity contribution is 6.26. The molecular weight excluding hydrogens is 583 g/mol. The van der Waals surface area contributed by atoms with Gasteiger partial charge in [0.15, 0.2) is 0 Å². The summed E-state index contributed by atoms with van der Waals surface area (Å²) in [5.74, 6) is 0. The van der Waals surface area contributed by atoms with Gasteiger partial charge in [-0.15, -0.1) is 0 Å². The molecule has 10 rings (SSSR count). The first-order valence-electron chi connectivity index (χ1n) is 16.4. The number of nitrogens with zero attached hydrogens (tertiary/aromatic N) is 1. The van der Waals surface area contributed by atoms with E-state index in [0.29, 0.717) is 0 Å². The number of rotatable bonds is 4. The van der Waals surface area contributed by atoms with Crippen LogP contribution in [-0.2, 0) is 0 Å². The Hall–Kier alpha value is -6.38. The summed E-state index contributed by atoms with van der Waals surface area (Å²) in [5, 5.41) is 12.2. The van der Waals surface area contributed by atoms with Crippen LogP contribution in [0.1, 0.15) is 0 Å². The van der Waals surface area contributed by atoms with E-state index in [1.165, 1.54) is 54.2 Å². The van der Waals surface area contributed by atoms with Crippen LogP contribution in [0.15, 0.2) is 180 Å². The van der Waals surface area contributed by atoms with Crippen molar-refractivity contribution in [2.45, 2.75) is 0 Å². The summed E-state index contributed by atoms with van der Waals surface area (Å²) in [6.45, 7) is 0. The number of hydrogen-bond donors (Lipinski definition) is 0. The lowest BCUT2D eigenvalue weighted by Gasteiger charge is -2.26. The van der Waals surface area contributed by atoms with Crippen molar-refractivity contribution in [3.63, 3.8) is 0 Å². The van der Waals surface area contributed by atoms with Crippen LogP contribution in [-0.4, -0.2) is 0 Å². The highest BCUT2D eigenvalue weighted by atomic mass is 16.3. The monoisotopic (exact) mass is 611 g/mol. The van der Waals surface area contributed by atoms with Gasteiger partial charge >= 0.3 is 0 Å². The van der Waals surface area contributed by atoms with Gasteiger partial charge in [0.2, 0.25) is 0 Å². The first kappa shape index (κ1) is 26.8. The highest BCUT2D eigenvalue weighted by Crippen LogP contribution is 2.43. The maximum Gasteiger partial charge on any atom is 0.136 e. The molecule has 0 bridgehead atoms. The summed E-state index contributed by atoms with van der Waals surface area (Å²) in [5.41, 5.74) is 7.47. The third-order valence-electron chi connectivity index (χ3n) is 9.80. The van der Waals surface area contributed by atoms with Gasteiger partial charge in [-0.25, -0.2) is 0 Å². The maximum absolute atomic E-state index is 6.40. The maximum atomic E-state index is 6.40. The van der Waals surface area contributed by atoms with Crippen LogP contribution in [0.5, 0.6) is 0 Å². The second-order valence-corrected chi connectivity index (χ2v) is 12.5. The van der Waals surface area contributed by atoms with E-state index in [0.717, 1.165) is 39.0 Å². The molecule has 0 saturated carbocycles. The molecule has 0 aliphatic heterocycles.